The van der Waals surface area contributed by atoms with E-state index in [9.17, 15) is 18.0 Å². The molecule has 0 bridgehead atoms. The van der Waals surface area contributed by atoms with Gasteiger partial charge in [-0.25, -0.2) is 8.42 Å². The van der Waals surface area contributed by atoms with Gasteiger partial charge in [-0.05, 0) is 81.0 Å². The minimum atomic E-state index is -3.54. The highest BCUT2D eigenvalue weighted by molar-refractivity contribution is 7.92. The molecule has 204 valence electrons. The van der Waals surface area contributed by atoms with Crippen molar-refractivity contribution in [1.29, 1.82) is 0 Å². The van der Waals surface area contributed by atoms with Crippen molar-refractivity contribution in [2.45, 2.75) is 78.9 Å². The number of anilines is 1. The Morgan fingerprint density at radius 2 is 1.59 bits per heavy atom. The van der Waals surface area contributed by atoms with E-state index < -0.39 is 16.1 Å². The standard InChI is InChI=1S/C28H40ClN3O4S/c1-7-22(5)30-28(34)26(8-2)31(19-23-11-13-24(29)14-12-23)27(33)10-9-15-32(37(6,35)36)25-17-20(3)16-21(4)18-25/h11-14,16-18,22,26H,7-10,15,19H2,1-6H3,(H,30,34)/t22-,26+/m1/s1. The second-order valence-electron chi connectivity index (χ2n) is 9.67. The number of benzene rings is 2. The number of amides is 2. The van der Waals surface area contributed by atoms with E-state index in [1.54, 1.807) is 17.0 Å². The third-order valence-corrected chi connectivity index (χ3v) is 7.75. The van der Waals surface area contributed by atoms with Crippen molar-refractivity contribution in [2.75, 3.05) is 17.1 Å². The highest BCUT2D eigenvalue weighted by atomic mass is 35.5. The van der Waals surface area contributed by atoms with Crippen LogP contribution in [-0.4, -0.2) is 50.0 Å². The van der Waals surface area contributed by atoms with Crippen LogP contribution in [0.15, 0.2) is 42.5 Å². The van der Waals surface area contributed by atoms with Crippen LogP contribution in [0.5, 0.6) is 0 Å². The third kappa shape index (κ3) is 9.34. The lowest BCUT2D eigenvalue weighted by molar-refractivity contribution is -0.141. The van der Waals surface area contributed by atoms with Gasteiger partial charge in [0.1, 0.15) is 6.04 Å². The monoisotopic (exact) mass is 549 g/mol. The van der Waals surface area contributed by atoms with E-state index in [1.165, 1.54) is 10.6 Å². The molecule has 0 aliphatic carbocycles. The smallest absolute Gasteiger partial charge is 0.243 e. The number of sulfonamides is 1. The Bertz CT molecular complexity index is 1150. The van der Waals surface area contributed by atoms with Crippen LogP contribution in [0.25, 0.3) is 0 Å². The third-order valence-electron chi connectivity index (χ3n) is 6.30. The molecule has 0 radical (unpaired) electrons. The number of hydrogen-bond donors (Lipinski definition) is 1. The highest BCUT2D eigenvalue weighted by Gasteiger charge is 2.29. The normalized spacial score (nSPS) is 13.1. The summed E-state index contributed by atoms with van der Waals surface area (Å²) in [4.78, 5) is 28.2. The van der Waals surface area contributed by atoms with E-state index in [0.29, 0.717) is 23.6 Å². The predicted octanol–water partition coefficient (Wildman–Crippen LogP) is 5.23. The van der Waals surface area contributed by atoms with Crippen LogP contribution >= 0.6 is 11.6 Å². The fraction of sp³-hybridized carbons (Fsp3) is 0.500. The molecule has 0 fully saturated rings. The van der Waals surface area contributed by atoms with E-state index in [-0.39, 0.29) is 37.4 Å². The van der Waals surface area contributed by atoms with Gasteiger partial charge in [0.15, 0.2) is 0 Å². The van der Waals surface area contributed by atoms with E-state index in [0.717, 1.165) is 23.1 Å². The molecule has 37 heavy (non-hydrogen) atoms. The topological polar surface area (TPSA) is 86.8 Å². The molecular weight excluding hydrogens is 510 g/mol. The van der Waals surface area contributed by atoms with Crippen molar-refractivity contribution in [3.8, 4) is 0 Å². The summed E-state index contributed by atoms with van der Waals surface area (Å²) in [5.41, 5.74) is 3.38. The number of rotatable bonds is 13. The number of aryl methyl sites for hydroxylation is 2. The van der Waals surface area contributed by atoms with Crippen LogP contribution in [0.3, 0.4) is 0 Å². The molecule has 0 aliphatic heterocycles. The molecule has 7 nitrogen and oxygen atoms in total. The Morgan fingerprint density at radius 3 is 2.11 bits per heavy atom. The maximum Gasteiger partial charge on any atom is 0.243 e. The summed E-state index contributed by atoms with van der Waals surface area (Å²) in [5, 5.41) is 3.59. The molecule has 2 aromatic rings. The lowest BCUT2D eigenvalue weighted by atomic mass is 10.1. The Hall–Kier alpha value is -2.58. The van der Waals surface area contributed by atoms with Crippen molar-refractivity contribution >= 4 is 39.1 Å². The SMILES string of the molecule is CC[C@@H](C)NC(=O)[C@H](CC)N(Cc1ccc(Cl)cc1)C(=O)CCCN(c1cc(C)cc(C)c1)S(C)(=O)=O. The summed E-state index contributed by atoms with van der Waals surface area (Å²) in [7, 11) is -3.54. The summed E-state index contributed by atoms with van der Waals surface area (Å²) < 4.78 is 26.5. The molecule has 0 saturated carbocycles. The molecule has 9 heteroatoms. The van der Waals surface area contributed by atoms with Crippen LogP contribution in [0.4, 0.5) is 5.69 Å². The molecule has 0 unspecified atom stereocenters. The van der Waals surface area contributed by atoms with E-state index in [1.807, 2.05) is 65.0 Å². The number of halogens is 1. The average Bonchev–Trinajstić information content (AvgIpc) is 2.81. The number of nitrogens with one attached hydrogen (secondary N) is 1. The molecular formula is C28H40ClN3O4S. The van der Waals surface area contributed by atoms with Crippen LogP contribution in [-0.2, 0) is 26.2 Å². The molecule has 0 aromatic heterocycles. The van der Waals surface area contributed by atoms with Crippen molar-refractivity contribution in [3.05, 3.63) is 64.2 Å². The zero-order valence-corrected chi connectivity index (χ0v) is 24.3. The van der Waals surface area contributed by atoms with Gasteiger partial charge in [-0.2, -0.15) is 0 Å². The van der Waals surface area contributed by atoms with Gasteiger partial charge in [-0.3, -0.25) is 13.9 Å². The number of carbonyl (C=O) groups is 2. The first kappa shape index (κ1) is 30.6. The summed E-state index contributed by atoms with van der Waals surface area (Å²) >= 11 is 6.03. The van der Waals surface area contributed by atoms with Gasteiger partial charge < -0.3 is 10.2 Å². The Labute approximate surface area is 227 Å². The van der Waals surface area contributed by atoms with Crippen LogP contribution < -0.4 is 9.62 Å². The molecule has 2 rings (SSSR count). The fourth-order valence-electron chi connectivity index (χ4n) is 4.25. The summed E-state index contributed by atoms with van der Waals surface area (Å²) in [6.45, 7) is 10.1. The Kier molecular flexibility index (Phi) is 11.4. The van der Waals surface area contributed by atoms with E-state index >= 15 is 0 Å². The first-order valence-corrected chi connectivity index (χ1v) is 15.0. The molecule has 2 aromatic carbocycles. The molecule has 0 saturated heterocycles. The van der Waals surface area contributed by atoms with Gasteiger partial charge in [0.05, 0.1) is 11.9 Å². The van der Waals surface area contributed by atoms with Crippen LogP contribution in [0, 0.1) is 13.8 Å². The van der Waals surface area contributed by atoms with Crippen molar-refractivity contribution in [3.63, 3.8) is 0 Å². The quantitative estimate of drug-likeness (QED) is 0.371. The highest BCUT2D eigenvalue weighted by Crippen LogP contribution is 2.23. The van der Waals surface area contributed by atoms with Crippen LogP contribution in [0.1, 0.15) is 63.1 Å². The maximum absolute atomic E-state index is 13.5. The fourth-order valence-corrected chi connectivity index (χ4v) is 5.32. The van der Waals surface area contributed by atoms with Gasteiger partial charge in [0.2, 0.25) is 21.8 Å². The van der Waals surface area contributed by atoms with Gasteiger partial charge in [0, 0.05) is 30.6 Å². The molecule has 2 amide bonds. The second kappa shape index (κ2) is 13.8. The lowest BCUT2D eigenvalue weighted by Gasteiger charge is -2.32. The minimum Gasteiger partial charge on any atom is -0.352 e. The molecule has 0 spiro atoms. The summed E-state index contributed by atoms with van der Waals surface area (Å²) in [6, 6.07) is 12.2. The largest absolute Gasteiger partial charge is 0.352 e. The van der Waals surface area contributed by atoms with Crippen molar-refractivity contribution in [2.24, 2.45) is 0 Å². The number of hydrogen-bond acceptors (Lipinski definition) is 4. The number of carbonyl (C=O) groups excluding carboxylic acids is 2. The lowest BCUT2D eigenvalue weighted by Crippen LogP contribution is -2.50. The molecule has 0 aliphatic rings. The first-order chi connectivity index (χ1) is 17.3. The zero-order valence-electron chi connectivity index (χ0n) is 22.8. The predicted molar refractivity (Wildman–Crippen MR) is 151 cm³/mol. The van der Waals surface area contributed by atoms with E-state index in [4.69, 9.17) is 11.6 Å². The molecule has 2 atom stereocenters. The van der Waals surface area contributed by atoms with Crippen molar-refractivity contribution in [1.82, 2.24) is 10.2 Å². The zero-order chi connectivity index (χ0) is 27.8. The van der Waals surface area contributed by atoms with Gasteiger partial charge in [-0.1, -0.05) is 43.6 Å². The Morgan fingerprint density at radius 1 is 1.00 bits per heavy atom. The van der Waals surface area contributed by atoms with Crippen LogP contribution in [0.2, 0.25) is 5.02 Å². The summed E-state index contributed by atoms with van der Waals surface area (Å²) in [6.07, 6.45) is 2.84. The van der Waals surface area contributed by atoms with E-state index in [2.05, 4.69) is 5.32 Å². The molecule has 1 N–H and O–H groups in total. The van der Waals surface area contributed by atoms with Gasteiger partial charge in [0.25, 0.3) is 0 Å². The van der Waals surface area contributed by atoms with Crippen molar-refractivity contribution < 1.29 is 18.0 Å². The minimum absolute atomic E-state index is 0.00450. The Balaban J connectivity index is 2.24. The first-order valence-electron chi connectivity index (χ1n) is 12.8. The van der Waals surface area contributed by atoms with Gasteiger partial charge >= 0.3 is 0 Å². The molecule has 0 heterocycles. The maximum atomic E-state index is 13.5. The average molecular weight is 550 g/mol. The van der Waals surface area contributed by atoms with Gasteiger partial charge in [-0.15, -0.1) is 0 Å². The number of nitrogens with zero attached hydrogens (tertiary/aromatic N) is 2. The summed E-state index contributed by atoms with van der Waals surface area (Å²) in [5.74, 6) is -0.387. The second-order valence-corrected chi connectivity index (χ2v) is 12.0.